The molecule has 0 atom stereocenters. The van der Waals surface area contributed by atoms with Crippen LogP contribution in [0, 0.1) is 6.92 Å². The molecule has 6 nitrogen and oxygen atoms in total. The number of pyridine rings is 1. The fourth-order valence-corrected chi connectivity index (χ4v) is 2.24. The van der Waals surface area contributed by atoms with E-state index in [-0.39, 0.29) is 11.1 Å². The average molecular weight is 294 g/mol. The quantitative estimate of drug-likeness (QED) is 0.442. The molecule has 2 heterocycles. The van der Waals surface area contributed by atoms with Crippen molar-refractivity contribution in [2.75, 3.05) is 5.32 Å². The summed E-state index contributed by atoms with van der Waals surface area (Å²) in [5.41, 5.74) is 2.11. The summed E-state index contributed by atoms with van der Waals surface area (Å²) in [5.74, 6) is 0.350. The minimum absolute atomic E-state index is 0.189. The molecule has 3 rings (SSSR count). The van der Waals surface area contributed by atoms with Gasteiger partial charge in [0.05, 0.1) is 6.21 Å². The van der Waals surface area contributed by atoms with Gasteiger partial charge in [0.2, 0.25) is 0 Å². The van der Waals surface area contributed by atoms with Crippen molar-refractivity contribution in [3.8, 4) is 0 Å². The molecule has 0 aliphatic heterocycles. The highest BCUT2D eigenvalue weighted by atomic mass is 16.4. The maximum atomic E-state index is 12.6. The molecular weight excluding hydrogens is 280 g/mol. The molecule has 0 amide bonds. The maximum absolute atomic E-state index is 12.6. The maximum Gasteiger partial charge on any atom is 0.269 e. The second kappa shape index (κ2) is 5.69. The first-order chi connectivity index (χ1) is 10.7. The van der Waals surface area contributed by atoms with Gasteiger partial charge in [0, 0.05) is 11.9 Å². The Kier molecular flexibility index (Phi) is 3.57. The Morgan fingerprint density at radius 3 is 2.73 bits per heavy atom. The van der Waals surface area contributed by atoms with Crippen molar-refractivity contribution < 1.29 is 5.21 Å². The van der Waals surface area contributed by atoms with Crippen LogP contribution in [0.2, 0.25) is 0 Å². The molecule has 110 valence electrons. The number of nitrogens with one attached hydrogen (secondary N) is 1. The molecule has 0 bridgehead atoms. The number of oxime groups is 1. The third kappa shape index (κ3) is 2.42. The summed E-state index contributed by atoms with van der Waals surface area (Å²) in [7, 11) is 0. The van der Waals surface area contributed by atoms with Crippen molar-refractivity contribution in [1.82, 2.24) is 9.38 Å². The third-order valence-electron chi connectivity index (χ3n) is 3.31. The Morgan fingerprint density at radius 1 is 1.23 bits per heavy atom. The van der Waals surface area contributed by atoms with Crippen molar-refractivity contribution in [2.45, 2.75) is 6.92 Å². The van der Waals surface area contributed by atoms with E-state index in [1.807, 2.05) is 43.3 Å². The first-order valence-electron chi connectivity index (χ1n) is 6.72. The van der Waals surface area contributed by atoms with Gasteiger partial charge in [-0.25, -0.2) is 4.98 Å². The molecular formula is C16H14N4O2. The Bertz CT molecular complexity index is 901. The van der Waals surface area contributed by atoms with E-state index in [9.17, 15) is 4.79 Å². The highest BCUT2D eigenvalue weighted by Gasteiger charge is 2.12. The van der Waals surface area contributed by atoms with Gasteiger partial charge in [-0.15, -0.1) is 0 Å². The van der Waals surface area contributed by atoms with Crippen molar-refractivity contribution in [1.29, 1.82) is 0 Å². The van der Waals surface area contributed by atoms with Crippen molar-refractivity contribution in [3.05, 3.63) is 70.1 Å². The molecule has 2 N–H and O–H groups in total. The van der Waals surface area contributed by atoms with Crippen LogP contribution >= 0.6 is 0 Å². The molecule has 6 heteroatoms. The molecule has 3 aromatic rings. The van der Waals surface area contributed by atoms with Crippen LogP contribution in [0.1, 0.15) is 11.1 Å². The number of hydrogen-bond donors (Lipinski definition) is 2. The first-order valence-corrected chi connectivity index (χ1v) is 6.72. The number of fused-ring (bicyclic) bond motifs is 1. The SMILES string of the molecule is Cc1cccn2c(=O)c(/C=N/O)c(Nc3ccccc3)nc12. The highest BCUT2D eigenvalue weighted by Crippen LogP contribution is 2.17. The minimum Gasteiger partial charge on any atom is -0.411 e. The van der Waals surface area contributed by atoms with Crippen LogP contribution in [-0.2, 0) is 0 Å². The fourth-order valence-electron chi connectivity index (χ4n) is 2.24. The molecule has 0 aliphatic rings. The molecule has 0 saturated carbocycles. The number of aromatic nitrogens is 2. The summed E-state index contributed by atoms with van der Waals surface area (Å²) in [6, 6.07) is 13.0. The zero-order valence-electron chi connectivity index (χ0n) is 11.9. The lowest BCUT2D eigenvalue weighted by atomic mass is 10.2. The van der Waals surface area contributed by atoms with Crippen LogP contribution in [-0.4, -0.2) is 20.8 Å². The Hall–Kier alpha value is -3.15. The molecule has 0 saturated heterocycles. The summed E-state index contributed by atoms with van der Waals surface area (Å²) in [5, 5.41) is 14.9. The van der Waals surface area contributed by atoms with Crippen LogP contribution < -0.4 is 10.9 Å². The normalized spacial score (nSPS) is 11.1. The molecule has 0 spiro atoms. The Morgan fingerprint density at radius 2 is 2.00 bits per heavy atom. The van der Waals surface area contributed by atoms with Gasteiger partial charge in [-0.1, -0.05) is 29.4 Å². The van der Waals surface area contributed by atoms with Gasteiger partial charge in [0.15, 0.2) is 0 Å². The van der Waals surface area contributed by atoms with Gasteiger partial charge < -0.3 is 10.5 Å². The predicted molar refractivity (Wildman–Crippen MR) is 85.3 cm³/mol. The van der Waals surface area contributed by atoms with E-state index in [1.54, 1.807) is 12.3 Å². The van der Waals surface area contributed by atoms with Crippen LogP contribution in [0.15, 0.2) is 58.6 Å². The van der Waals surface area contributed by atoms with Gasteiger partial charge in [-0.05, 0) is 30.7 Å². The number of anilines is 2. The summed E-state index contributed by atoms with van der Waals surface area (Å²) in [6.07, 6.45) is 2.73. The zero-order valence-corrected chi connectivity index (χ0v) is 11.9. The number of benzene rings is 1. The van der Waals surface area contributed by atoms with Crippen LogP contribution in [0.25, 0.3) is 5.65 Å². The standard InChI is InChI=1S/C16H14N4O2/c1-11-6-5-9-20-15(11)19-14(13(10-17-22)16(20)21)18-12-7-3-2-4-8-12/h2-10,18,22H,1H3/b17-10+. The van der Waals surface area contributed by atoms with Gasteiger partial charge in [-0.2, -0.15) is 0 Å². The summed E-state index contributed by atoms with van der Waals surface area (Å²) in [4.78, 5) is 17.1. The van der Waals surface area contributed by atoms with E-state index < -0.39 is 0 Å². The van der Waals surface area contributed by atoms with Crippen molar-refractivity contribution in [2.24, 2.45) is 5.16 Å². The second-order valence-corrected chi connectivity index (χ2v) is 4.80. The number of aryl methyl sites for hydroxylation is 1. The van der Waals surface area contributed by atoms with E-state index in [4.69, 9.17) is 5.21 Å². The molecule has 1 aromatic carbocycles. The minimum atomic E-state index is -0.301. The van der Waals surface area contributed by atoms with Gasteiger partial charge in [0.1, 0.15) is 17.0 Å². The third-order valence-corrected chi connectivity index (χ3v) is 3.31. The lowest BCUT2D eigenvalue weighted by Gasteiger charge is -2.11. The second-order valence-electron chi connectivity index (χ2n) is 4.80. The van der Waals surface area contributed by atoms with E-state index in [2.05, 4.69) is 15.5 Å². The van der Waals surface area contributed by atoms with Crippen molar-refractivity contribution >= 4 is 23.4 Å². The van der Waals surface area contributed by atoms with Crippen LogP contribution in [0.4, 0.5) is 11.5 Å². The molecule has 0 unspecified atom stereocenters. The molecule has 0 aliphatic carbocycles. The molecule has 0 radical (unpaired) electrons. The van der Waals surface area contributed by atoms with E-state index in [1.165, 1.54) is 4.40 Å². The number of nitrogens with zero attached hydrogens (tertiary/aromatic N) is 3. The largest absolute Gasteiger partial charge is 0.411 e. The molecule has 22 heavy (non-hydrogen) atoms. The average Bonchev–Trinajstić information content (AvgIpc) is 2.53. The van der Waals surface area contributed by atoms with Crippen LogP contribution in [0.3, 0.4) is 0 Å². The summed E-state index contributed by atoms with van der Waals surface area (Å²) in [6.45, 7) is 1.88. The molecule has 0 fully saturated rings. The number of hydrogen-bond acceptors (Lipinski definition) is 5. The van der Waals surface area contributed by atoms with Gasteiger partial charge in [-0.3, -0.25) is 9.20 Å². The zero-order chi connectivity index (χ0) is 15.5. The highest BCUT2D eigenvalue weighted by molar-refractivity contribution is 5.87. The first kappa shape index (κ1) is 13.8. The van der Waals surface area contributed by atoms with E-state index in [0.29, 0.717) is 11.5 Å². The number of rotatable bonds is 3. The lowest BCUT2D eigenvalue weighted by molar-refractivity contribution is 0.322. The monoisotopic (exact) mass is 294 g/mol. The number of para-hydroxylation sites is 1. The topological polar surface area (TPSA) is 79.0 Å². The Balaban J connectivity index is 2.25. The van der Waals surface area contributed by atoms with Crippen LogP contribution in [0.5, 0.6) is 0 Å². The fraction of sp³-hybridized carbons (Fsp3) is 0.0625. The van der Waals surface area contributed by atoms with E-state index >= 15 is 0 Å². The van der Waals surface area contributed by atoms with Gasteiger partial charge in [0.25, 0.3) is 5.56 Å². The van der Waals surface area contributed by atoms with Crippen molar-refractivity contribution in [3.63, 3.8) is 0 Å². The van der Waals surface area contributed by atoms with E-state index in [0.717, 1.165) is 17.5 Å². The summed E-state index contributed by atoms with van der Waals surface area (Å²) < 4.78 is 1.43. The smallest absolute Gasteiger partial charge is 0.269 e. The predicted octanol–water partition coefficient (Wildman–Crippen LogP) is 2.55. The Labute approximate surface area is 126 Å². The molecule has 2 aromatic heterocycles. The lowest BCUT2D eigenvalue weighted by Crippen LogP contribution is -2.22. The summed E-state index contributed by atoms with van der Waals surface area (Å²) >= 11 is 0. The van der Waals surface area contributed by atoms with Gasteiger partial charge >= 0.3 is 0 Å².